The largest absolute Gasteiger partial charge is 0.378 e. The molecule has 3 N–H and O–H groups in total. The Morgan fingerprint density at radius 2 is 1.74 bits per heavy atom. The zero-order valence-electron chi connectivity index (χ0n) is 14.9. The molecule has 2 saturated carbocycles. The molecule has 2 aliphatic carbocycles. The highest BCUT2D eigenvalue weighted by atomic mass is 15.1. The maximum Gasteiger partial charge on any atom is 0.0654 e. The molecule has 0 amide bonds. The first-order valence-corrected chi connectivity index (χ1v) is 10.0. The van der Waals surface area contributed by atoms with Gasteiger partial charge in [0.05, 0.1) is 29.5 Å². The Balaban J connectivity index is 1.44. The van der Waals surface area contributed by atoms with E-state index in [4.69, 9.17) is 0 Å². The van der Waals surface area contributed by atoms with Crippen molar-refractivity contribution in [2.24, 2.45) is 17.8 Å². The maximum absolute atomic E-state index is 4.33. The van der Waals surface area contributed by atoms with E-state index < -0.39 is 0 Å². The number of hydrogen-bond acceptors (Lipinski definition) is 3. The second-order valence-corrected chi connectivity index (χ2v) is 8.63. The molecule has 0 radical (unpaired) electrons. The first kappa shape index (κ1) is 14.3. The van der Waals surface area contributed by atoms with Crippen molar-refractivity contribution in [1.29, 1.82) is 0 Å². The van der Waals surface area contributed by atoms with Crippen molar-refractivity contribution in [2.45, 2.75) is 31.2 Å². The van der Waals surface area contributed by atoms with Gasteiger partial charge < -0.3 is 5.32 Å². The second-order valence-electron chi connectivity index (χ2n) is 8.63. The lowest BCUT2D eigenvalue weighted by Gasteiger charge is -2.43. The van der Waals surface area contributed by atoms with Gasteiger partial charge in [-0.15, -0.1) is 0 Å². The second kappa shape index (κ2) is 4.91. The summed E-state index contributed by atoms with van der Waals surface area (Å²) in [5.74, 6) is 2.96. The van der Waals surface area contributed by atoms with Crippen LogP contribution in [0.15, 0.2) is 42.7 Å². The normalized spacial score (nSPS) is 31.2. The van der Waals surface area contributed by atoms with Gasteiger partial charge in [0.25, 0.3) is 0 Å². The number of nitrogens with one attached hydrogen (secondary N) is 3. The van der Waals surface area contributed by atoms with Crippen LogP contribution in [0.3, 0.4) is 0 Å². The van der Waals surface area contributed by atoms with E-state index in [1.165, 1.54) is 46.8 Å². The van der Waals surface area contributed by atoms with Crippen LogP contribution in [0.5, 0.6) is 0 Å². The average molecular weight is 355 g/mol. The maximum atomic E-state index is 4.33. The number of nitrogens with zero attached hydrogens (tertiary/aromatic N) is 2. The number of aromatic amines is 2. The summed E-state index contributed by atoms with van der Waals surface area (Å²) in [5, 5.41) is 21.2. The van der Waals surface area contributed by atoms with Crippen LogP contribution < -0.4 is 5.32 Å². The lowest BCUT2D eigenvalue weighted by Crippen LogP contribution is -2.35. The number of hydrogen-bond donors (Lipinski definition) is 3. The van der Waals surface area contributed by atoms with E-state index in [1.54, 1.807) is 0 Å². The summed E-state index contributed by atoms with van der Waals surface area (Å²) < 4.78 is 0. The van der Waals surface area contributed by atoms with Gasteiger partial charge in [-0.2, -0.15) is 10.2 Å². The summed E-state index contributed by atoms with van der Waals surface area (Å²) in [7, 11) is 0. The minimum absolute atomic E-state index is 0.376. The van der Waals surface area contributed by atoms with Gasteiger partial charge in [-0.3, -0.25) is 10.2 Å². The molecule has 3 heterocycles. The van der Waals surface area contributed by atoms with E-state index in [0.717, 1.165) is 22.9 Å². The molecule has 3 aliphatic rings. The van der Waals surface area contributed by atoms with E-state index in [1.807, 2.05) is 12.4 Å². The Labute approximate surface area is 156 Å². The van der Waals surface area contributed by atoms with Gasteiger partial charge in [-0.25, -0.2) is 0 Å². The van der Waals surface area contributed by atoms with Gasteiger partial charge in [0, 0.05) is 16.5 Å². The van der Waals surface area contributed by atoms with Crippen molar-refractivity contribution in [3.05, 3.63) is 53.9 Å². The summed E-state index contributed by atoms with van der Waals surface area (Å²) in [6, 6.07) is 11.6. The minimum atomic E-state index is 0.376. The summed E-state index contributed by atoms with van der Waals surface area (Å²) in [5.41, 5.74) is 6.48. The number of anilines is 1. The Kier molecular flexibility index (Phi) is 2.60. The lowest BCUT2D eigenvalue weighted by molar-refractivity contribution is 0.249. The molecule has 27 heavy (non-hydrogen) atoms. The summed E-state index contributed by atoms with van der Waals surface area (Å²) in [4.78, 5) is 0. The van der Waals surface area contributed by atoms with Crippen molar-refractivity contribution < 1.29 is 0 Å². The van der Waals surface area contributed by atoms with Gasteiger partial charge in [-0.1, -0.05) is 6.07 Å². The molecule has 5 heteroatoms. The molecule has 1 aliphatic heterocycles. The van der Waals surface area contributed by atoms with E-state index in [0.29, 0.717) is 17.9 Å². The highest BCUT2D eigenvalue weighted by Crippen LogP contribution is 2.64. The molecule has 0 unspecified atom stereocenters. The molecule has 7 rings (SSSR count). The van der Waals surface area contributed by atoms with Crippen LogP contribution in [0.2, 0.25) is 0 Å². The van der Waals surface area contributed by atoms with Crippen LogP contribution in [0, 0.1) is 17.8 Å². The molecule has 134 valence electrons. The topological polar surface area (TPSA) is 69.4 Å². The zero-order chi connectivity index (χ0) is 17.5. The van der Waals surface area contributed by atoms with Gasteiger partial charge in [-0.05, 0) is 78.3 Å². The van der Waals surface area contributed by atoms with E-state index >= 15 is 0 Å². The Hall–Kier alpha value is -2.82. The third-order valence-electron chi connectivity index (χ3n) is 7.50. The highest BCUT2D eigenvalue weighted by molar-refractivity contribution is 5.89. The number of benzene rings is 2. The number of aromatic nitrogens is 4. The quantitative estimate of drug-likeness (QED) is 0.462. The first-order chi connectivity index (χ1) is 13.4. The third kappa shape index (κ3) is 1.79. The van der Waals surface area contributed by atoms with Gasteiger partial charge >= 0.3 is 0 Å². The van der Waals surface area contributed by atoms with Crippen LogP contribution in [0.4, 0.5) is 5.69 Å². The fraction of sp³-hybridized carbons (Fsp3) is 0.364. The standard InChI is InChI=1S/C22H21N5/c1-2-12-7-11(1)19-20(12)22(13-3-4-16-14(8-13)9-23-26-16)25-18-6-5-17-15(21(18)19)10-24-27-17/h3-6,8-12,19-20,22,25H,1-2,7H2,(H,23,26)(H,24,27)/t11-,12+,19+,20-,22+/m1/s1. The molecular weight excluding hydrogens is 334 g/mol. The van der Waals surface area contributed by atoms with Crippen LogP contribution in [-0.4, -0.2) is 20.4 Å². The Morgan fingerprint density at radius 3 is 2.74 bits per heavy atom. The van der Waals surface area contributed by atoms with E-state index in [2.05, 4.69) is 56.0 Å². The predicted octanol–water partition coefficient (Wildman–Crippen LogP) is 4.74. The smallest absolute Gasteiger partial charge is 0.0654 e. The van der Waals surface area contributed by atoms with Gasteiger partial charge in [0.2, 0.25) is 0 Å². The van der Waals surface area contributed by atoms with Crippen LogP contribution in [0.25, 0.3) is 21.8 Å². The molecule has 2 bridgehead atoms. The number of H-pyrrole nitrogens is 2. The average Bonchev–Trinajstić information content (AvgIpc) is 3.49. The lowest BCUT2D eigenvalue weighted by atomic mass is 9.67. The third-order valence-corrected chi connectivity index (χ3v) is 7.50. The molecule has 5 nitrogen and oxygen atoms in total. The molecule has 2 aromatic heterocycles. The fourth-order valence-electron chi connectivity index (χ4n) is 6.49. The van der Waals surface area contributed by atoms with Gasteiger partial charge in [0.1, 0.15) is 0 Å². The van der Waals surface area contributed by atoms with Crippen molar-refractivity contribution >= 4 is 27.5 Å². The highest BCUT2D eigenvalue weighted by Gasteiger charge is 2.54. The molecule has 4 aromatic rings. The molecule has 2 aromatic carbocycles. The number of fused-ring (bicyclic) bond motifs is 10. The minimum Gasteiger partial charge on any atom is -0.378 e. The van der Waals surface area contributed by atoms with Gasteiger partial charge in [0.15, 0.2) is 0 Å². The van der Waals surface area contributed by atoms with E-state index in [9.17, 15) is 0 Å². The molecule has 2 fully saturated rings. The van der Waals surface area contributed by atoms with Crippen molar-refractivity contribution in [3.63, 3.8) is 0 Å². The van der Waals surface area contributed by atoms with Crippen LogP contribution in [-0.2, 0) is 0 Å². The van der Waals surface area contributed by atoms with Crippen LogP contribution >= 0.6 is 0 Å². The summed E-state index contributed by atoms with van der Waals surface area (Å²) in [6.07, 6.45) is 8.11. The van der Waals surface area contributed by atoms with Crippen molar-refractivity contribution in [1.82, 2.24) is 20.4 Å². The number of rotatable bonds is 1. The summed E-state index contributed by atoms with van der Waals surface area (Å²) >= 11 is 0. The zero-order valence-corrected chi connectivity index (χ0v) is 14.9. The van der Waals surface area contributed by atoms with Crippen LogP contribution in [0.1, 0.15) is 42.3 Å². The Morgan fingerprint density at radius 1 is 0.889 bits per heavy atom. The SMILES string of the molecule is c1cc2[nH]ncc2cc1[C@@H]1Nc2ccc3[nH]ncc3c2[C@H]2[C@@H]3CC[C@@H](C3)[C@H]21. The molecule has 5 atom stereocenters. The van der Waals surface area contributed by atoms with E-state index in [-0.39, 0.29) is 0 Å². The molecule has 0 saturated heterocycles. The monoisotopic (exact) mass is 355 g/mol. The van der Waals surface area contributed by atoms with Crippen molar-refractivity contribution in [2.75, 3.05) is 5.32 Å². The summed E-state index contributed by atoms with van der Waals surface area (Å²) in [6.45, 7) is 0. The first-order valence-electron chi connectivity index (χ1n) is 10.0. The molecule has 0 spiro atoms. The Bertz CT molecular complexity index is 1190. The predicted molar refractivity (Wildman–Crippen MR) is 106 cm³/mol. The fourth-order valence-corrected chi connectivity index (χ4v) is 6.49. The van der Waals surface area contributed by atoms with Crippen molar-refractivity contribution in [3.8, 4) is 0 Å². The molecular formula is C22H21N5.